The molecule has 2 nitrogen and oxygen atoms in total. The van der Waals surface area contributed by atoms with Crippen molar-refractivity contribution in [3.05, 3.63) is 0 Å². The highest BCUT2D eigenvalue weighted by Gasteiger charge is 2.34. The van der Waals surface area contributed by atoms with Crippen LogP contribution < -0.4 is 5.32 Å². The van der Waals surface area contributed by atoms with E-state index >= 15 is 0 Å². The monoisotopic (exact) mass is 236 g/mol. The average molecular weight is 236 g/mol. The number of nitrogens with one attached hydrogen (secondary N) is 1. The van der Waals surface area contributed by atoms with Gasteiger partial charge in [0.2, 0.25) is 0 Å². The molecule has 2 heterocycles. The molecule has 2 aliphatic heterocycles. The zero-order valence-electron chi connectivity index (χ0n) is 11.2. The molecule has 3 fully saturated rings. The summed E-state index contributed by atoms with van der Waals surface area (Å²) in [6, 6.07) is 0.828. The van der Waals surface area contributed by atoms with Gasteiger partial charge in [-0.05, 0) is 44.1 Å². The summed E-state index contributed by atoms with van der Waals surface area (Å²) in [5.41, 5.74) is 0. The molecule has 0 spiro atoms. The highest BCUT2D eigenvalue weighted by molar-refractivity contribution is 4.92. The highest BCUT2D eigenvalue weighted by Crippen LogP contribution is 2.28. The van der Waals surface area contributed by atoms with Crippen LogP contribution in [0.5, 0.6) is 0 Å². The Morgan fingerprint density at radius 1 is 0.882 bits per heavy atom. The fraction of sp³-hybridized carbons (Fsp3) is 1.00. The molecule has 2 heteroatoms. The fourth-order valence-electron chi connectivity index (χ4n) is 4.20. The van der Waals surface area contributed by atoms with Crippen molar-refractivity contribution >= 4 is 0 Å². The first kappa shape index (κ1) is 12.0. The molecule has 0 aromatic carbocycles. The van der Waals surface area contributed by atoms with Gasteiger partial charge in [0, 0.05) is 25.7 Å². The number of hydrogen-bond donors (Lipinski definition) is 1. The molecule has 0 bridgehead atoms. The van der Waals surface area contributed by atoms with Gasteiger partial charge in [-0.2, -0.15) is 0 Å². The average Bonchev–Trinajstić information content (AvgIpc) is 2.57. The molecule has 2 atom stereocenters. The van der Waals surface area contributed by atoms with Crippen LogP contribution in [0.1, 0.15) is 51.4 Å². The Hall–Kier alpha value is -0.0800. The summed E-state index contributed by atoms with van der Waals surface area (Å²) in [5.74, 6) is 1.98. The van der Waals surface area contributed by atoms with Gasteiger partial charge in [0.05, 0.1) is 0 Å². The molecular weight excluding hydrogens is 208 g/mol. The first-order valence-corrected chi connectivity index (χ1v) is 7.87. The van der Waals surface area contributed by atoms with Crippen molar-refractivity contribution in [2.24, 2.45) is 11.8 Å². The Bertz CT molecular complexity index is 219. The van der Waals surface area contributed by atoms with E-state index < -0.39 is 0 Å². The van der Waals surface area contributed by atoms with Gasteiger partial charge in [-0.3, -0.25) is 0 Å². The minimum atomic E-state index is 0.828. The van der Waals surface area contributed by atoms with E-state index in [0.717, 1.165) is 17.9 Å². The third-order valence-corrected chi connectivity index (χ3v) is 5.17. The van der Waals surface area contributed by atoms with Crippen molar-refractivity contribution in [1.29, 1.82) is 0 Å². The number of rotatable bonds is 2. The lowest BCUT2D eigenvalue weighted by molar-refractivity contribution is 0.252. The van der Waals surface area contributed by atoms with Crippen LogP contribution in [0.25, 0.3) is 0 Å². The molecule has 0 unspecified atom stereocenters. The topological polar surface area (TPSA) is 15.3 Å². The second-order valence-corrected chi connectivity index (χ2v) is 6.54. The summed E-state index contributed by atoms with van der Waals surface area (Å²) in [4.78, 5) is 2.77. The third kappa shape index (κ3) is 3.03. The number of fused-ring (bicyclic) bond motifs is 1. The lowest BCUT2D eigenvalue weighted by Gasteiger charge is -2.24. The van der Waals surface area contributed by atoms with Gasteiger partial charge in [-0.1, -0.05) is 25.7 Å². The smallest absolute Gasteiger partial charge is 0.0235 e. The van der Waals surface area contributed by atoms with Gasteiger partial charge in [-0.15, -0.1) is 0 Å². The molecule has 2 saturated heterocycles. The van der Waals surface area contributed by atoms with Crippen LogP contribution in [0, 0.1) is 11.8 Å². The van der Waals surface area contributed by atoms with Gasteiger partial charge in [0.15, 0.2) is 0 Å². The van der Waals surface area contributed by atoms with Crippen molar-refractivity contribution in [2.75, 3.05) is 26.2 Å². The van der Waals surface area contributed by atoms with E-state index in [9.17, 15) is 0 Å². The Balaban J connectivity index is 1.48. The molecule has 0 radical (unpaired) electrons. The predicted octanol–water partition coefficient (Wildman–Crippen LogP) is 2.64. The van der Waals surface area contributed by atoms with Gasteiger partial charge >= 0.3 is 0 Å². The molecule has 0 aromatic heterocycles. The predicted molar refractivity (Wildman–Crippen MR) is 72.1 cm³/mol. The van der Waals surface area contributed by atoms with Crippen molar-refractivity contribution < 1.29 is 0 Å². The maximum Gasteiger partial charge on any atom is 0.0235 e. The summed E-state index contributed by atoms with van der Waals surface area (Å²) < 4.78 is 0. The van der Waals surface area contributed by atoms with Gasteiger partial charge < -0.3 is 10.2 Å². The van der Waals surface area contributed by atoms with E-state index in [4.69, 9.17) is 0 Å². The Morgan fingerprint density at radius 2 is 1.71 bits per heavy atom. The zero-order valence-corrected chi connectivity index (χ0v) is 11.2. The second kappa shape index (κ2) is 5.71. The van der Waals surface area contributed by atoms with Crippen molar-refractivity contribution in [2.45, 2.75) is 57.4 Å². The molecular formula is C15H28N2. The van der Waals surface area contributed by atoms with Crippen LogP contribution in [0.3, 0.4) is 0 Å². The minimum Gasteiger partial charge on any atom is -0.312 e. The fourth-order valence-corrected chi connectivity index (χ4v) is 4.20. The molecule has 3 aliphatic rings. The van der Waals surface area contributed by atoms with Crippen molar-refractivity contribution in [1.82, 2.24) is 10.2 Å². The standard InChI is InChI=1S/C15H28N2/c1-2-4-7-13(6-3-1)10-17-11-14-8-5-9-16-15(14)12-17/h13-16H,1-12H2/t14-,15+/m0/s1. The van der Waals surface area contributed by atoms with E-state index in [-0.39, 0.29) is 0 Å². The molecule has 1 saturated carbocycles. The first-order chi connectivity index (χ1) is 8.42. The van der Waals surface area contributed by atoms with E-state index in [2.05, 4.69) is 10.2 Å². The Kier molecular flexibility index (Phi) is 4.02. The first-order valence-electron chi connectivity index (χ1n) is 7.87. The number of likely N-dealkylation sites (tertiary alicyclic amines) is 1. The molecule has 1 aliphatic carbocycles. The van der Waals surface area contributed by atoms with Crippen LogP contribution in [0.2, 0.25) is 0 Å². The quantitative estimate of drug-likeness (QED) is 0.742. The van der Waals surface area contributed by atoms with Crippen molar-refractivity contribution in [3.63, 3.8) is 0 Å². The second-order valence-electron chi connectivity index (χ2n) is 6.54. The Morgan fingerprint density at radius 3 is 2.47 bits per heavy atom. The molecule has 0 aromatic rings. The zero-order chi connectivity index (χ0) is 11.5. The van der Waals surface area contributed by atoms with Gasteiger partial charge in [-0.25, -0.2) is 0 Å². The summed E-state index contributed by atoms with van der Waals surface area (Å²) in [5, 5.41) is 3.72. The van der Waals surface area contributed by atoms with Crippen LogP contribution >= 0.6 is 0 Å². The van der Waals surface area contributed by atoms with E-state index in [0.29, 0.717) is 0 Å². The maximum atomic E-state index is 3.72. The SMILES string of the molecule is C1CCCC(CN2C[C@@H]3CCCN[C@@H]3C2)CC1. The number of nitrogens with zero attached hydrogens (tertiary/aromatic N) is 1. The highest BCUT2D eigenvalue weighted by atomic mass is 15.2. The van der Waals surface area contributed by atoms with Crippen molar-refractivity contribution in [3.8, 4) is 0 Å². The molecule has 98 valence electrons. The summed E-state index contributed by atoms with van der Waals surface area (Å²) >= 11 is 0. The lowest BCUT2D eigenvalue weighted by atomic mass is 9.94. The van der Waals surface area contributed by atoms with Gasteiger partial charge in [0.1, 0.15) is 0 Å². The molecule has 1 N–H and O–H groups in total. The van der Waals surface area contributed by atoms with Gasteiger partial charge in [0.25, 0.3) is 0 Å². The van der Waals surface area contributed by atoms with Crippen LogP contribution in [-0.2, 0) is 0 Å². The lowest BCUT2D eigenvalue weighted by Crippen LogP contribution is -2.40. The summed E-state index contributed by atoms with van der Waals surface area (Å²) in [6.45, 7) is 5.38. The maximum absolute atomic E-state index is 3.72. The van der Waals surface area contributed by atoms with E-state index in [1.165, 1.54) is 77.5 Å². The number of hydrogen-bond acceptors (Lipinski definition) is 2. The summed E-state index contributed by atoms with van der Waals surface area (Å²) in [7, 11) is 0. The van der Waals surface area contributed by atoms with E-state index in [1.54, 1.807) is 0 Å². The number of piperidine rings is 1. The van der Waals surface area contributed by atoms with Crippen LogP contribution in [0.15, 0.2) is 0 Å². The molecule has 3 rings (SSSR count). The molecule has 17 heavy (non-hydrogen) atoms. The van der Waals surface area contributed by atoms with E-state index in [1.807, 2.05) is 0 Å². The van der Waals surface area contributed by atoms with Crippen LogP contribution in [0.4, 0.5) is 0 Å². The summed E-state index contributed by atoms with van der Waals surface area (Å²) in [6.07, 6.45) is 11.8. The third-order valence-electron chi connectivity index (χ3n) is 5.17. The largest absolute Gasteiger partial charge is 0.312 e. The molecule has 0 amide bonds. The Labute approximate surface area is 106 Å². The van der Waals surface area contributed by atoms with Crippen LogP contribution in [-0.4, -0.2) is 37.1 Å². The normalized spacial score (nSPS) is 36.7. The minimum absolute atomic E-state index is 0.828.